The number of benzene rings is 2. The number of likely N-dealkylation sites (tertiary alicyclic amines) is 1. The van der Waals surface area contributed by atoms with Crippen LogP contribution in [0.2, 0.25) is 0 Å². The van der Waals surface area contributed by atoms with Crippen LogP contribution < -0.4 is 10.1 Å². The van der Waals surface area contributed by atoms with Gasteiger partial charge in [-0.3, -0.25) is 19.3 Å². The molecule has 0 saturated carbocycles. The van der Waals surface area contributed by atoms with Gasteiger partial charge >= 0.3 is 0 Å². The first-order chi connectivity index (χ1) is 17.4. The molecule has 2 heterocycles. The van der Waals surface area contributed by atoms with Crippen molar-refractivity contribution in [2.24, 2.45) is 0 Å². The minimum absolute atomic E-state index is 0.0482. The second-order valence-electron chi connectivity index (χ2n) is 8.76. The molecule has 1 unspecified atom stereocenters. The largest absolute Gasteiger partial charge is 0.497 e. The summed E-state index contributed by atoms with van der Waals surface area (Å²) in [5, 5.41) is 2.80. The average Bonchev–Trinajstić information content (AvgIpc) is 3.27. The highest BCUT2D eigenvalue weighted by atomic mass is 19.1. The van der Waals surface area contributed by atoms with Crippen LogP contribution in [0.3, 0.4) is 0 Å². The molecule has 4 rings (SSSR count). The zero-order valence-electron chi connectivity index (χ0n) is 20.4. The zero-order chi connectivity index (χ0) is 25.7. The summed E-state index contributed by atoms with van der Waals surface area (Å²) in [6.07, 6.45) is 0.674. The fourth-order valence-corrected chi connectivity index (χ4v) is 4.67. The molecule has 2 saturated heterocycles. The Hall–Kier alpha value is -3.50. The van der Waals surface area contributed by atoms with E-state index in [0.29, 0.717) is 56.0 Å². The third-order valence-electron chi connectivity index (χ3n) is 6.65. The molecule has 9 nitrogen and oxygen atoms in total. The van der Waals surface area contributed by atoms with Crippen molar-refractivity contribution >= 4 is 17.7 Å². The van der Waals surface area contributed by atoms with Crippen molar-refractivity contribution in [2.75, 3.05) is 47.1 Å². The van der Waals surface area contributed by atoms with Crippen LogP contribution >= 0.6 is 0 Å². The number of amides is 3. The summed E-state index contributed by atoms with van der Waals surface area (Å²) in [7, 11) is 3.09. The SMILES string of the molecule is COCCNC(=O)C1COC2(CCN(C(=O)c3ccc(F)cc3)CC2)N1C(=O)c1ccc(OC)cc1. The van der Waals surface area contributed by atoms with E-state index in [4.69, 9.17) is 14.2 Å². The molecule has 0 bridgehead atoms. The maximum atomic E-state index is 13.7. The number of carbonyl (C=O) groups excluding carboxylic acids is 3. The molecular weight excluding hydrogens is 469 g/mol. The number of piperidine rings is 1. The van der Waals surface area contributed by atoms with Crippen LogP contribution in [0, 0.1) is 5.82 Å². The Morgan fingerprint density at radius 2 is 1.61 bits per heavy atom. The smallest absolute Gasteiger partial charge is 0.256 e. The van der Waals surface area contributed by atoms with Gasteiger partial charge in [0.25, 0.3) is 11.8 Å². The van der Waals surface area contributed by atoms with E-state index in [1.54, 1.807) is 43.4 Å². The fraction of sp³-hybridized carbons (Fsp3) is 0.423. The number of hydrogen-bond acceptors (Lipinski definition) is 6. The van der Waals surface area contributed by atoms with Crippen LogP contribution in [0.15, 0.2) is 48.5 Å². The third kappa shape index (κ3) is 5.19. The summed E-state index contributed by atoms with van der Waals surface area (Å²) >= 11 is 0. The number of halogens is 1. The van der Waals surface area contributed by atoms with Gasteiger partial charge in [-0.05, 0) is 48.5 Å². The summed E-state index contributed by atoms with van der Waals surface area (Å²) in [5.74, 6) is -0.674. The Labute approximate surface area is 209 Å². The second-order valence-corrected chi connectivity index (χ2v) is 8.76. The summed E-state index contributed by atoms with van der Waals surface area (Å²) < 4.78 is 29.6. The van der Waals surface area contributed by atoms with E-state index in [1.165, 1.54) is 29.2 Å². The number of nitrogens with one attached hydrogen (secondary N) is 1. The topological polar surface area (TPSA) is 97.4 Å². The maximum Gasteiger partial charge on any atom is 0.256 e. The predicted molar refractivity (Wildman–Crippen MR) is 128 cm³/mol. The predicted octanol–water partition coefficient (Wildman–Crippen LogP) is 2.07. The monoisotopic (exact) mass is 499 g/mol. The maximum absolute atomic E-state index is 13.7. The lowest BCUT2D eigenvalue weighted by atomic mass is 9.96. The van der Waals surface area contributed by atoms with Crippen molar-refractivity contribution < 1.29 is 33.0 Å². The van der Waals surface area contributed by atoms with Gasteiger partial charge in [-0.2, -0.15) is 0 Å². The number of hydrogen-bond donors (Lipinski definition) is 1. The van der Waals surface area contributed by atoms with Crippen LogP contribution in [0.4, 0.5) is 4.39 Å². The average molecular weight is 500 g/mol. The van der Waals surface area contributed by atoms with Gasteiger partial charge in [0.05, 0.1) is 20.3 Å². The normalized spacial score (nSPS) is 18.8. The van der Waals surface area contributed by atoms with Gasteiger partial charge in [-0.1, -0.05) is 0 Å². The first-order valence-electron chi connectivity index (χ1n) is 11.8. The molecule has 1 spiro atoms. The van der Waals surface area contributed by atoms with E-state index in [9.17, 15) is 18.8 Å². The molecule has 1 atom stereocenters. The number of ether oxygens (including phenoxy) is 3. The van der Waals surface area contributed by atoms with Crippen LogP contribution in [0.25, 0.3) is 0 Å². The molecule has 2 aromatic rings. The number of carbonyl (C=O) groups is 3. The standard InChI is InChI=1S/C26H30FN3O6/c1-34-16-13-28-23(31)22-17-36-26(30(22)25(33)19-5-9-21(35-2)10-6-19)11-14-29(15-12-26)24(32)18-3-7-20(27)8-4-18/h3-10,22H,11-17H2,1-2H3,(H,28,31). The molecule has 3 amide bonds. The Morgan fingerprint density at radius 3 is 2.22 bits per heavy atom. The van der Waals surface area contributed by atoms with Crippen molar-refractivity contribution in [2.45, 2.75) is 24.6 Å². The van der Waals surface area contributed by atoms with E-state index in [2.05, 4.69) is 5.32 Å². The number of methoxy groups -OCH3 is 2. The number of nitrogens with zero attached hydrogens (tertiary/aromatic N) is 2. The summed E-state index contributed by atoms with van der Waals surface area (Å²) in [4.78, 5) is 42.8. The highest BCUT2D eigenvalue weighted by Crippen LogP contribution is 2.39. The van der Waals surface area contributed by atoms with Crippen LogP contribution in [-0.4, -0.2) is 86.4 Å². The quantitative estimate of drug-likeness (QED) is 0.586. The molecule has 192 valence electrons. The van der Waals surface area contributed by atoms with Crippen molar-refractivity contribution in [3.8, 4) is 5.75 Å². The van der Waals surface area contributed by atoms with Gasteiger partial charge in [0.2, 0.25) is 5.91 Å². The fourth-order valence-electron chi connectivity index (χ4n) is 4.67. The lowest BCUT2D eigenvalue weighted by molar-refractivity contribution is -0.128. The van der Waals surface area contributed by atoms with E-state index in [-0.39, 0.29) is 24.3 Å². The van der Waals surface area contributed by atoms with Gasteiger partial charge in [0.1, 0.15) is 23.3 Å². The van der Waals surface area contributed by atoms with Gasteiger partial charge in [-0.15, -0.1) is 0 Å². The molecule has 0 aromatic heterocycles. The Morgan fingerprint density at radius 1 is 1.00 bits per heavy atom. The molecule has 0 aliphatic carbocycles. The molecule has 2 aromatic carbocycles. The molecule has 2 aliphatic heterocycles. The molecule has 0 radical (unpaired) electrons. The van der Waals surface area contributed by atoms with E-state index < -0.39 is 17.6 Å². The molecule has 2 aliphatic rings. The van der Waals surface area contributed by atoms with Gasteiger partial charge < -0.3 is 24.4 Å². The van der Waals surface area contributed by atoms with E-state index in [1.807, 2.05) is 0 Å². The van der Waals surface area contributed by atoms with Crippen molar-refractivity contribution in [3.05, 3.63) is 65.5 Å². The molecule has 10 heteroatoms. The minimum atomic E-state index is -1.03. The lowest BCUT2D eigenvalue weighted by Crippen LogP contribution is -2.60. The third-order valence-corrected chi connectivity index (χ3v) is 6.65. The Balaban J connectivity index is 1.55. The highest BCUT2D eigenvalue weighted by Gasteiger charge is 2.54. The summed E-state index contributed by atoms with van der Waals surface area (Å²) in [6, 6.07) is 11.3. The first-order valence-corrected chi connectivity index (χ1v) is 11.8. The van der Waals surface area contributed by atoms with Gasteiger partial charge in [0.15, 0.2) is 0 Å². The zero-order valence-corrected chi connectivity index (χ0v) is 20.4. The molecule has 36 heavy (non-hydrogen) atoms. The van der Waals surface area contributed by atoms with Crippen molar-refractivity contribution in [3.63, 3.8) is 0 Å². The minimum Gasteiger partial charge on any atom is -0.497 e. The lowest BCUT2D eigenvalue weighted by Gasteiger charge is -2.44. The van der Waals surface area contributed by atoms with Crippen molar-refractivity contribution in [1.29, 1.82) is 0 Å². The molecule has 2 fully saturated rings. The summed E-state index contributed by atoms with van der Waals surface area (Å²) in [6.45, 7) is 1.34. The first kappa shape index (κ1) is 25.6. The number of rotatable bonds is 7. The Kier molecular flexibility index (Phi) is 7.85. The van der Waals surface area contributed by atoms with Crippen LogP contribution in [0.5, 0.6) is 5.75 Å². The highest BCUT2D eigenvalue weighted by molar-refractivity contribution is 5.98. The van der Waals surface area contributed by atoms with E-state index in [0.717, 1.165) is 0 Å². The van der Waals surface area contributed by atoms with E-state index >= 15 is 0 Å². The van der Waals surface area contributed by atoms with Crippen LogP contribution in [-0.2, 0) is 14.3 Å². The second kappa shape index (κ2) is 11.0. The van der Waals surface area contributed by atoms with Crippen molar-refractivity contribution in [1.82, 2.24) is 15.1 Å². The van der Waals surface area contributed by atoms with Gasteiger partial charge in [-0.25, -0.2) is 4.39 Å². The van der Waals surface area contributed by atoms with Crippen LogP contribution in [0.1, 0.15) is 33.6 Å². The molecule has 1 N–H and O–H groups in total. The summed E-state index contributed by atoms with van der Waals surface area (Å²) in [5.41, 5.74) is -0.235. The Bertz CT molecular complexity index is 1080. The molecular formula is C26H30FN3O6. The van der Waals surface area contributed by atoms with Gasteiger partial charge in [0, 0.05) is 50.7 Å².